The first-order valence-electron chi connectivity index (χ1n) is 6.60. The second-order valence-corrected chi connectivity index (χ2v) is 6.90. The van der Waals surface area contributed by atoms with Gasteiger partial charge in [-0.2, -0.15) is 10.5 Å². The van der Waals surface area contributed by atoms with Crippen LogP contribution in [0.4, 0.5) is 0 Å². The van der Waals surface area contributed by atoms with E-state index in [2.05, 4.69) is 0 Å². The third kappa shape index (κ3) is 1.92. The van der Waals surface area contributed by atoms with Crippen molar-refractivity contribution in [2.75, 3.05) is 0 Å². The molecular weight excluding hydrogens is 323 g/mol. The number of nitrogens with zero attached hydrogens (tertiary/aromatic N) is 2. The molecule has 1 aromatic carbocycles. The van der Waals surface area contributed by atoms with Gasteiger partial charge in [0.1, 0.15) is 22.9 Å². The van der Waals surface area contributed by atoms with E-state index in [1.54, 1.807) is 0 Å². The van der Waals surface area contributed by atoms with Crippen LogP contribution in [-0.4, -0.2) is 5.78 Å². The maximum absolute atomic E-state index is 12.5. The van der Waals surface area contributed by atoms with Gasteiger partial charge in [-0.3, -0.25) is 4.79 Å². The molecule has 110 valence electrons. The van der Waals surface area contributed by atoms with Crippen molar-refractivity contribution in [2.45, 2.75) is 26.7 Å². The molecule has 6 heteroatoms. The number of fused-ring (bicyclic) bond motifs is 3. The molecular formula is C16H10Cl2N2O2. The number of nitriles is 2. The van der Waals surface area contributed by atoms with Gasteiger partial charge in [0.25, 0.3) is 0 Å². The average molecular weight is 333 g/mol. The molecule has 2 aromatic rings. The molecule has 0 amide bonds. The third-order valence-corrected chi connectivity index (χ3v) is 4.61. The zero-order valence-corrected chi connectivity index (χ0v) is 13.4. The Labute approximate surface area is 136 Å². The Morgan fingerprint density at radius 1 is 1.09 bits per heavy atom. The highest BCUT2D eigenvalue weighted by molar-refractivity contribution is 6.43. The highest BCUT2D eigenvalue weighted by Crippen LogP contribution is 2.46. The molecule has 3 rings (SSSR count). The summed E-state index contributed by atoms with van der Waals surface area (Å²) < 4.78 is 5.75. The van der Waals surface area contributed by atoms with E-state index in [9.17, 15) is 15.3 Å². The summed E-state index contributed by atoms with van der Waals surface area (Å²) in [6, 6.07) is 3.76. The molecule has 4 nitrogen and oxygen atoms in total. The summed E-state index contributed by atoms with van der Waals surface area (Å²) in [6.45, 7) is 3.96. The van der Waals surface area contributed by atoms with Gasteiger partial charge in [0, 0.05) is 12.8 Å². The van der Waals surface area contributed by atoms with E-state index in [4.69, 9.17) is 27.6 Å². The maximum atomic E-state index is 12.5. The molecule has 1 heterocycles. The minimum absolute atomic E-state index is 0.0251. The molecule has 0 saturated carbocycles. The van der Waals surface area contributed by atoms with E-state index in [1.807, 2.05) is 26.0 Å². The van der Waals surface area contributed by atoms with Crippen molar-refractivity contribution in [2.24, 2.45) is 5.41 Å². The number of benzene rings is 1. The summed E-state index contributed by atoms with van der Waals surface area (Å²) in [5.41, 5.74) is 0.329. The van der Waals surface area contributed by atoms with Crippen LogP contribution in [0.1, 0.15) is 47.5 Å². The first kappa shape index (κ1) is 14.9. The van der Waals surface area contributed by atoms with Gasteiger partial charge in [-0.25, -0.2) is 0 Å². The van der Waals surface area contributed by atoms with Crippen molar-refractivity contribution >= 4 is 40.0 Å². The van der Waals surface area contributed by atoms with Crippen molar-refractivity contribution in [3.8, 4) is 12.1 Å². The minimum Gasteiger partial charge on any atom is -0.459 e. The smallest absolute Gasteiger partial charge is 0.167 e. The van der Waals surface area contributed by atoms with E-state index in [0.717, 1.165) is 0 Å². The molecule has 0 radical (unpaired) electrons. The van der Waals surface area contributed by atoms with E-state index in [0.29, 0.717) is 29.6 Å². The van der Waals surface area contributed by atoms with Crippen molar-refractivity contribution in [3.63, 3.8) is 0 Å². The van der Waals surface area contributed by atoms with Crippen LogP contribution in [0.15, 0.2) is 4.42 Å². The van der Waals surface area contributed by atoms with Crippen molar-refractivity contribution in [1.82, 2.24) is 0 Å². The van der Waals surface area contributed by atoms with Gasteiger partial charge in [0.2, 0.25) is 0 Å². The molecule has 0 N–H and O–H groups in total. The molecule has 1 aliphatic carbocycles. The number of hydrogen-bond donors (Lipinski definition) is 0. The molecule has 0 aliphatic heterocycles. The molecule has 1 aliphatic rings. The van der Waals surface area contributed by atoms with Gasteiger partial charge in [-0.15, -0.1) is 0 Å². The Morgan fingerprint density at radius 3 is 2.27 bits per heavy atom. The molecule has 0 fully saturated rings. The van der Waals surface area contributed by atoms with Crippen LogP contribution in [0.25, 0.3) is 11.0 Å². The van der Waals surface area contributed by atoms with Gasteiger partial charge in [0.05, 0.1) is 27.1 Å². The molecule has 0 spiro atoms. The standard InChI is InChI=1S/C16H10Cl2N2O2/c1-16(2)3-9(21)11-10(4-16)22-15-12(11)13(17)7(5-19)8(6-20)14(15)18/h3-4H2,1-2H3. The molecule has 0 saturated heterocycles. The fourth-order valence-corrected chi connectivity index (χ4v) is 3.54. The number of carbonyl (C=O) groups excluding carboxylic acids is 1. The van der Waals surface area contributed by atoms with Crippen LogP contribution in [0.2, 0.25) is 10.0 Å². The van der Waals surface area contributed by atoms with Gasteiger partial charge in [-0.1, -0.05) is 37.0 Å². The van der Waals surface area contributed by atoms with Crippen LogP contribution in [-0.2, 0) is 6.42 Å². The van der Waals surface area contributed by atoms with Crippen molar-refractivity contribution in [1.29, 1.82) is 10.5 Å². The summed E-state index contributed by atoms with van der Waals surface area (Å²) >= 11 is 12.5. The van der Waals surface area contributed by atoms with E-state index < -0.39 is 0 Å². The topological polar surface area (TPSA) is 77.8 Å². The quantitative estimate of drug-likeness (QED) is 0.704. The zero-order valence-electron chi connectivity index (χ0n) is 11.9. The Bertz CT molecular complexity index is 927. The monoisotopic (exact) mass is 332 g/mol. The van der Waals surface area contributed by atoms with E-state index >= 15 is 0 Å². The maximum Gasteiger partial charge on any atom is 0.167 e. The fourth-order valence-electron chi connectivity index (χ4n) is 2.95. The van der Waals surface area contributed by atoms with Crippen LogP contribution >= 0.6 is 23.2 Å². The zero-order chi connectivity index (χ0) is 16.2. The number of furan rings is 1. The number of carbonyl (C=O) groups is 1. The van der Waals surface area contributed by atoms with E-state index in [-0.39, 0.29) is 38.0 Å². The number of halogens is 2. The van der Waals surface area contributed by atoms with Crippen LogP contribution in [0.5, 0.6) is 0 Å². The van der Waals surface area contributed by atoms with Crippen molar-refractivity contribution < 1.29 is 9.21 Å². The molecule has 0 atom stereocenters. The highest BCUT2D eigenvalue weighted by atomic mass is 35.5. The van der Waals surface area contributed by atoms with Crippen LogP contribution in [0.3, 0.4) is 0 Å². The van der Waals surface area contributed by atoms with Crippen molar-refractivity contribution in [3.05, 3.63) is 32.5 Å². The van der Waals surface area contributed by atoms with Gasteiger partial charge in [0.15, 0.2) is 11.4 Å². The second kappa shape index (κ2) is 4.74. The first-order chi connectivity index (χ1) is 10.3. The van der Waals surface area contributed by atoms with E-state index in [1.165, 1.54) is 0 Å². The number of ketones is 1. The number of hydrogen-bond acceptors (Lipinski definition) is 4. The Kier molecular flexibility index (Phi) is 3.22. The second-order valence-electron chi connectivity index (χ2n) is 6.15. The van der Waals surface area contributed by atoms with Gasteiger partial charge < -0.3 is 4.42 Å². The Hall–Kier alpha value is -2.01. The predicted octanol–water partition coefficient (Wildman–Crippen LogP) is 4.64. The average Bonchev–Trinajstić information content (AvgIpc) is 2.80. The lowest BCUT2D eigenvalue weighted by molar-refractivity contribution is 0.0906. The first-order valence-corrected chi connectivity index (χ1v) is 7.36. The molecule has 0 bridgehead atoms. The molecule has 0 unspecified atom stereocenters. The highest BCUT2D eigenvalue weighted by Gasteiger charge is 2.37. The van der Waals surface area contributed by atoms with Crippen LogP contribution in [0, 0.1) is 28.1 Å². The molecule has 22 heavy (non-hydrogen) atoms. The summed E-state index contributed by atoms with van der Waals surface area (Å²) in [4.78, 5) is 12.5. The minimum atomic E-state index is -0.215. The van der Waals surface area contributed by atoms with Gasteiger partial charge in [-0.05, 0) is 5.41 Å². The number of rotatable bonds is 0. The van der Waals surface area contributed by atoms with Gasteiger partial charge >= 0.3 is 0 Å². The number of Topliss-reactive ketones (excluding diaryl/α,β-unsaturated/α-hetero) is 1. The predicted molar refractivity (Wildman–Crippen MR) is 82.1 cm³/mol. The lowest BCUT2D eigenvalue weighted by Crippen LogP contribution is -2.25. The Morgan fingerprint density at radius 2 is 1.68 bits per heavy atom. The Balaban J connectivity index is 2.48. The SMILES string of the molecule is CC1(C)CC(=O)c2c(oc3c(Cl)c(C#N)c(C#N)c(Cl)c23)C1. The fraction of sp³-hybridized carbons (Fsp3) is 0.312. The van der Waals surface area contributed by atoms with Crippen LogP contribution < -0.4 is 0 Å². The largest absolute Gasteiger partial charge is 0.459 e. The molecule has 1 aromatic heterocycles. The summed E-state index contributed by atoms with van der Waals surface area (Å²) in [5, 5.41) is 18.9. The summed E-state index contributed by atoms with van der Waals surface area (Å²) in [7, 11) is 0. The summed E-state index contributed by atoms with van der Waals surface area (Å²) in [6.07, 6.45) is 0.934. The lowest BCUT2D eigenvalue weighted by atomic mass is 9.76. The lowest BCUT2D eigenvalue weighted by Gasteiger charge is -2.27. The summed E-state index contributed by atoms with van der Waals surface area (Å²) in [5.74, 6) is 0.426. The third-order valence-electron chi connectivity index (χ3n) is 3.87. The normalized spacial score (nSPS) is 16.2.